The number of hydrogen-bond donors (Lipinski definition) is 0. The monoisotopic (exact) mass is 495 g/mol. The Morgan fingerprint density at radius 3 is 1.06 bits per heavy atom. The second-order valence-electron chi connectivity index (χ2n) is 9.93. The van der Waals surface area contributed by atoms with Crippen LogP contribution in [-0.2, 0) is 9.59 Å². The molecule has 0 aromatic rings. The molecule has 0 N–H and O–H groups in total. The molecule has 0 aromatic heterocycles. The molecule has 192 valence electrons. The van der Waals surface area contributed by atoms with Crippen LogP contribution in [0.15, 0.2) is 0 Å². The van der Waals surface area contributed by atoms with Crippen molar-refractivity contribution in [3.63, 3.8) is 0 Å². The average molecular weight is 496 g/mol. The molecule has 33 heavy (non-hydrogen) atoms. The molecule has 0 spiro atoms. The van der Waals surface area contributed by atoms with E-state index >= 15 is 0 Å². The molecule has 0 aliphatic heterocycles. The Labute approximate surface area is 248 Å². The van der Waals surface area contributed by atoms with E-state index in [1.165, 1.54) is 120 Å². The largest absolute Gasteiger partial charge is 1.00 e. The van der Waals surface area contributed by atoms with Gasteiger partial charge in [-0.2, -0.15) is 0 Å². The Balaban J connectivity index is -0.000000760. The first-order chi connectivity index (χ1) is 15.2. The van der Waals surface area contributed by atoms with Gasteiger partial charge in [-0.05, 0) is 44.9 Å². The van der Waals surface area contributed by atoms with E-state index in [2.05, 4.69) is 27.9 Å². The SMILES string of the molecule is CCCCCCCCCC[N+](C)(C)CCCCCCCCCC.O=C([O-])CCCC(=O)[O-].[K+]. The van der Waals surface area contributed by atoms with E-state index in [0.29, 0.717) is 0 Å². The zero-order valence-corrected chi connectivity index (χ0v) is 26.1. The van der Waals surface area contributed by atoms with Gasteiger partial charge in [0.05, 0.1) is 27.2 Å². The molecule has 6 heteroatoms. The van der Waals surface area contributed by atoms with E-state index in [1.54, 1.807) is 0 Å². The second-order valence-corrected chi connectivity index (χ2v) is 9.93. The Kier molecular flexibility index (Phi) is 33.2. The summed E-state index contributed by atoms with van der Waals surface area (Å²) in [6.07, 6.45) is 22.7. The summed E-state index contributed by atoms with van der Waals surface area (Å²) in [6, 6.07) is 0. The Morgan fingerprint density at radius 2 is 0.788 bits per heavy atom. The number of unbranched alkanes of at least 4 members (excludes halogenated alkanes) is 14. The van der Waals surface area contributed by atoms with Crippen LogP contribution in [0.2, 0.25) is 0 Å². The number of quaternary nitrogens is 1. The van der Waals surface area contributed by atoms with Crippen molar-refractivity contribution in [2.24, 2.45) is 0 Å². The molecular weight excluding hydrogens is 441 g/mol. The maximum atomic E-state index is 9.66. The van der Waals surface area contributed by atoms with Crippen molar-refractivity contribution in [2.45, 2.75) is 136 Å². The number of carbonyl (C=O) groups excluding carboxylic acids is 2. The van der Waals surface area contributed by atoms with Crippen molar-refractivity contribution in [2.75, 3.05) is 27.2 Å². The van der Waals surface area contributed by atoms with Gasteiger partial charge in [0.2, 0.25) is 0 Å². The molecule has 0 heterocycles. The summed E-state index contributed by atoms with van der Waals surface area (Å²) in [7, 11) is 4.87. The summed E-state index contributed by atoms with van der Waals surface area (Å²) in [4.78, 5) is 19.3. The third kappa shape index (κ3) is 37.3. The molecule has 5 nitrogen and oxygen atoms in total. The maximum Gasteiger partial charge on any atom is 1.00 e. The van der Waals surface area contributed by atoms with Crippen LogP contribution in [-0.4, -0.2) is 43.6 Å². The van der Waals surface area contributed by atoms with Crippen molar-refractivity contribution < 1.29 is 75.7 Å². The van der Waals surface area contributed by atoms with Crippen LogP contribution in [0.4, 0.5) is 0 Å². The van der Waals surface area contributed by atoms with Crippen LogP contribution in [0.3, 0.4) is 0 Å². The third-order valence-corrected chi connectivity index (χ3v) is 6.00. The first-order valence-electron chi connectivity index (χ1n) is 13.5. The zero-order valence-electron chi connectivity index (χ0n) is 22.9. The van der Waals surface area contributed by atoms with Gasteiger partial charge < -0.3 is 24.3 Å². The van der Waals surface area contributed by atoms with Crippen LogP contribution < -0.4 is 61.6 Å². The van der Waals surface area contributed by atoms with Crippen LogP contribution in [0, 0.1) is 0 Å². The van der Waals surface area contributed by atoms with Gasteiger partial charge in [-0.3, -0.25) is 0 Å². The molecule has 0 atom stereocenters. The molecule has 0 unspecified atom stereocenters. The molecule has 0 amide bonds. The van der Waals surface area contributed by atoms with E-state index in [1.807, 2.05) is 0 Å². The summed E-state index contributed by atoms with van der Waals surface area (Å²) in [5.41, 5.74) is 0. The van der Waals surface area contributed by atoms with Gasteiger partial charge in [-0.15, -0.1) is 0 Å². The molecule has 0 radical (unpaired) electrons. The van der Waals surface area contributed by atoms with Crippen molar-refractivity contribution in [3.8, 4) is 0 Å². The summed E-state index contributed by atoms with van der Waals surface area (Å²) >= 11 is 0. The van der Waals surface area contributed by atoms with Gasteiger partial charge in [0, 0.05) is 11.9 Å². The van der Waals surface area contributed by atoms with Crippen LogP contribution in [0.1, 0.15) is 136 Å². The normalized spacial score (nSPS) is 10.8. The van der Waals surface area contributed by atoms with E-state index in [0.717, 1.165) is 0 Å². The Morgan fingerprint density at radius 1 is 0.515 bits per heavy atom. The molecule has 0 rings (SSSR count). The topological polar surface area (TPSA) is 80.3 Å². The molecule has 0 fully saturated rings. The van der Waals surface area contributed by atoms with Gasteiger partial charge in [-0.25, -0.2) is 0 Å². The molecule has 0 saturated carbocycles. The number of aliphatic carboxylic acids is 2. The summed E-state index contributed by atoms with van der Waals surface area (Å²) in [5.74, 6) is -2.45. The van der Waals surface area contributed by atoms with E-state index < -0.39 is 11.9 Å². The predicted octanol–water partition coefficient (Wildman–Crippen LogP) is 2.00. The van der Waals surface area contributed by atoms with Crippen LogP contribution in [0.5, 0.6) is 0 Å². The third-order valence-electron chi connectivity index (χ3n) is 6.00. The summed E-state index contributed by atoms with van der Waals surface area (Å²) in [5, 5.41) is 19.3. The van der Waals surface area contributed by atoms with Crippen LogP contribution in [0.25, 0.3) is 0 Å². The van der Waals surface area contributed by atoms with E-state index in [4.69, 9.17) is 0 Å². The van der Waals surface area contributed by atoms with Gasteiger partial charge in [-0.1, -0.05) is 90.9 Å². The van der Waals surface area contributed by atoms with Crippen molar-refractivity contribution in [3.05, 3.63) is 0 Å². The van der Waals surface area contributed by atoms with E-state index in [-0.39, 0.29) is 70.6 Å². The van der Waals surface area contributed by atoms with Crippen molar-refractivity contribution in [1.82, 2.24) is 0 Å². The summed E-state index contributed by atoms with van der Waals surface area (Å²) in [6.45, 7) is 7.36. The number of hydrogen-bond acceptors (Lipinski definition) is 4. The number of nitrogens with zero attached hydrogens (tertiary/aromatic N) is 1. The van der Waals surface area contributed by atoms with Gasteiger partial charge in [0.25, 0.3) is 0 Å². The Hall–Kier alpha value is 0.536. The van der Waals surface area contributed by atoms with Crippen LogP contribution >= 0.6 is 0 Å². The van der Waals surface area contributed by atoms with E-state index in [9.17, 15) is 19.8 Å². The fourth-order valence-electron chi connectivity index (χ4n) is 3.84. The zero-order chi connectivity index (χ0) is 24.5. The second kappa shape index (κ2) is 28.8. The molecule has 0 aliphatic rings. The molecule has 0 bridgehead atoms. The summed E-state index contributed by atoms with van der Waals surface area (Å²) < 4.78 is 1.24. The van der Waals surface area contributed by atoms with Gasteiger partial charge in [0.15, 0.2) is 0 Å². The predicted molar refractivity (Wildman–Crippen MR) is 131 cm³/mol. The number of carboxylic acids is 2. The number of rotatable bonds is 22. The molecule has 0 saturated heterocycles. The van der Waals surface area contributed by atoms with Gasteiger partial charge in [0.1, 0.15) is 0 Å². The fraction of sp³-hybridized carbons (Fsp3) is 0.926. The number of carboxylic acid groups (broad SMARTS) is 2. The smallest absolute Gasteiger partial charge is 0.550 e. The fourth-order valence-corrected chi connectivity index (χ4v) is 3.84. The first kappa shape index (κ1) is 38.1. The van der Waals surface area contributed by atoms with Crippen molar-refractivity contribution in [1.29, 1.82) is 0 Å². The minimum atomic E-state index is -1.23. The molecular formula is C27H54KNO4. The molecule has 0 aliphatic carbocycles. The van der Waals surface area contributed by atoms with Gasteiger partial charge >= 0.3 is 51.4 Å². The standard InChI is InChI=1S/C22H48N.C5H8O4.K/c1-5-7-9-11-13-15-17-19-21-23(3,4)22-20-18-16-14-12-10-8-6-2;6-4(7)2-1-3-5(8)9;/h5-22H2,1-4H3;1-3H2,(H,6,7)(H,8,9);/q+1;;+1/p-2. The number of carbonyl (C=O) groups is 2. The Bertz CT molecular complexity index is 394. The quantitative estimate of drug-likeness (QED) is 0.131. The average Bonchev–Trinajstić information content (AvgIpc) is 2.72. The maximum absolute atomic E-state index is 9.66. The molecule has 0 aromatic carbocycles. The van der Waals surface area contributed by atoms with Crippen molar-refractivity contribution >= 4 is 11.9 Å². The minimum absolute atomic E-state index is 0. The minimum Gasteiger partial charge on any atom is -0.550 e. The first-order valence-corrected chi connectivity index (χ1v) is 13.5.